The van der Waals surface area contributed by atoms with Crippen LogP contribution in [0.1, 0.15) is 32.8 Å². The average Bonchev–Trinajstić information content (AvgIpc) is 2.70. The number of nitrogens with zero attached hydrogens (tertiary/aromatic N) is 1. The Morgan fingerprint density at radius 1 is 1.11 bits per heavy atom. The van der Waals surface area contributed by atoms with Gasteiger partial charge in [-0.3, -0.25) is 9.59 Å². The maximum Gasteiger partial charge on any atom is 0.261 e. The number of hydrogen-bond acceptors (Lipinski definition) is 3. The first-order chi connectivity index (χ1) is 13.4. The zero-order valence-electron chi connectivity index (χ0n) is 16.5. The van der Waals surface area contributed by atoms with Crippen molar-refractivity contribution < 1.29 is 14.3 Å². The third kappa shape index (κ3) is 6.57. The van der Waals surface area contributed by atoms with E-state index in [2.05, 4.69) is 5.32 Å². The minimum absolute atomic E-state index is 0.0475. The lowest BCUT2D eigenvalue weighted by Gasteiger charge is -2.29. The van der Waals surface area contributed by atoms with Crippen LogP contribution in [0.25, 0.3) is 0 Å². The highest BCUT2D eigenvalue weighted by Gasteiger charge is 2.27. The topological polar surface area (TPSA) is 58.6 Å². The molecule has 0 bridgehead atoms. The fraction of sp³-hybridized carbons (Fsp3) is 0.364. The third-order valence-electron chi connectivity index (χ3n) is 4.52. The molecule has 2 aromatic carbocycles. The zero-order valence-corrected chi connectivity index (χ0v) is 17.3. The third-order valence-corrected chi connectivity index (χ3v) is 4.76. The molecule has 28 heavy (non-hydrogen) atoms. The number of ether oxygens (including phenoxy) is 1. The van der Waals surface area contributed by atoms with E-state index in [1.165, 1.54) is 4.90 Å². The molecule has 5 nitrogen and oxygen atoms in total. The van der Waals surface area contributed by atoms with Gasteiger partial charge in [0.2, 0.25) is 5.91 Å². The van der Waals surface area contributed by atoms with Crippen molar-refractivity contribution in [3.63, 3.8) is 0 Å². The van der Waals surface area contributed by atoms with Crippen molar-refractivity contribution >= 4 is 23.4 Å². The van der Waals surface area contributed by atoms with Crippen LogP contribution in [0.3, 0.4) is 0 Å². The van der Waals surface area contributed by atoms with E-state index in [0.29, 0.717) is 17.3 Å². The van der Waals surface area contributed by atoms with Gasteiger partial charge in [-0.2, -0.15) is 0 Å². The number of carbonyl (C=O) groups is 2. The van der Waals surface area contributed by atoms with E-state index in [-0.39, 0.29) is 24.5 Å². The summed E-state index contributed by atoms with van der Waals surface area (Å²) in [6, 6.07) is 15.9. The Morgan fingerprint density at radius 3 is 2.46 bits per heavy atom. The quantitative estimate of drug-likeness (QED) is 0.688. The second-order valence-corrected chi connectivity index (χ2v) is 7.18. The fourth-order valence-electron chi connectivity index (χ4n) is 2.61. The molecule has 0 radical (unpaired) electrons. The van der Waals surface area contributed by atoms with Crippen molar-refractivity contribution in [3.05, 3.63) is 65.2 Å². The second kappa shape index (κ2) is 10.7. The molecule has 2 atom stereocenters. The SMILES string of the molecule is CC[C@@H](C)NC(=O)[C@@H](C)N(Cc1ccccc1)C(=O)COc1cccc(Cl)c1. The lowest BCUT2D eigenvalue weighted by atomic mass is 10.1. The van der Waals surface area contributed by atoms with E-state index < -0.39 is 6.04 Å². The summed E-state index contributed by atoms with van der Waals surface area (Å²) in [5.74, 6) is 0.0641. The molecule has 1 N–H and O–H groups in total. The van der Waals surface area contributed by atoms with Crippen molar-refractivity contribution in [2.24, 2.45) is 0 Å². The summed E-state index contributed by atoms with van der Waals surface area (Å²) in [6.45, 7) is 5.83. The van der Waals surface area contributed by atoms with Gasteiger partial charge in [-0.15, -0.1) is 0 Å². The Balaban J connectivity index is 2.11. The molecule has 0 saturated heterocycles. The smallest absolute Gasteiger partial charge is 0.261 e. The Hall–Kier alpha value is -2.53. The van der Waals surface area contributed by atoms with Crippen LogP contribution in [0, 0.1) is 0 Å². The number of rotatable bonds is 9. The monoisotopic (exact) mass is 402 g/mol. The van der Waals surface area contributed by atoms with Gasteiger partial charge in [0, 0.05) is 17.6 Å². The molecule has 2 amide bonds. The standard InChI is InChI=1S/C22H27ClN2O3/c1-4-16(2)24-22(27)17(3)25(14-18-9-6-5-7-10-18)21(26)15-28-20-12-8-11-19(23)13-20/h5-13,16-17H,4,14-15H2,1-3H3,(H,24,27)/t16-,17-/m1/s1. The molecule has 2 aromatic rings. The Bertz CT molecular complexity index is 782. The summed E-state index contributed by atoms with van der Waals surface area (Å²) in [7, 11) is 0. The predicted octanol–water partition coefficient (Wildman–Crippen LogP) is 4.05. The molecule has 0 spiro atoms. The van der Waals surface area contributed by atoms with Gasteiger partial charge in [0.1, 0.15) is 11.8 Å². The van der Waals surface area contributed by atoms with Crippen LogP contribution in [-0.2, 0) is 16.1 Å². The summed E-state index contributed by atoms with van der Waals surface area (Å²) in [4.78, 5) is 27.0. The lowest BCUT2D eigenvalue weighted by Crippen LogP contribution is -2.50. The van der Waals surface area contributed by atoms with Crippen molar-refractivity contribution in [2.75, 3.05) is 6.61 Å². The van der Waals surface area contributed by atoms with Crippen molar-refractivity contribution in [3.8, 4) is 5.75 Å². The first-order valence-corrected chi connectivity index (χ1v) is 9.80. The van der Waals surface area contributed by atoms with Crippen LogP contribution in [-0.4, -0.2) is 35.4 Å². The maximum atomic E-state index is 12.9. The molecule has 0 aromatic heterocycles. The van der Waals surface area contributed by atoms with Crippen LogP contribution in [0.4, 0.5) is 0 Å². The lowest BCUT2D eigenvalue weighted by molar-refractivity contribution is -0.142. The van der Waals surface area contributed by atoms with Crippen LogP contribution in [0.5, 0.6) is 5.75 Å². The molecule has 2 rings (SSSR count). The summed E-state index contributed by atoms with van der Waals surface area (Å²) in [5, 5.41) is 3.48. The van der Waals surface area contributed by atoms with Crippen molar-refractivity contribution in [1.29, 1.82) is 0 Å². The average molecular weight is 403 g/mol. The van der Waals surface area contributed by atoms with E-state index >= 15 is 0 Å². The number of hydrogen-bond donors (Lipinski definition) is 1. The normalized spacial score (nSPS) is 12.7. The molecule has 150 valence electrons. The number of amides is 2. The molecule has 0 aliphatic heterocycles. The van der Waals surface area contributed by atoms with Crippen molar-refractivity contribution in [2.45, 2.75) is 45.8 Å². The first kappa shape index (κ1) is 21.8. The number of halogens is 1. The van der Waals surface area contributed by atoms with E-state index in [1.54, 1.807) is 31.2 Å². The van der Waals surface area contributed by atoms with Gasteiger partial charge in [0.15, 0.2) is 6.61 Å². The van der Waals surface area contributed by atoms with Gasteiger partial charge in [0.25, 0.3) is 5.91 Å². The Kier molecular flexibility index (Phi) is 8.33. The fourth-order valence-corrected chi connectivity index (χ4v) is 2.79. The minimum Gasteiger partial charge on any atom is -0.484 e. The molecule has 0 unspecified atom stereocenters. The van der Waals surface area contributed by atoms with E-state index in [1.807, 2.05) is 44.2 Å². The van der Waals surface area contributed by atoms with Gasteiger partial charge in [-0.05, 0) is 44.0 Å². The second-order valence-electron chi connectivity index (χ2n) is 6.75. The maximum absolute atomic E-state index is 12.9. The van der Waals surface area contributed by atoms with Crippen LogP contribution < -0.4 is 10.1 Å². The van der Waals surface area contributed by atoms with Gasteiger partial charge < -0.3 is 15.0 Å². The summed E-state index contributed by atoms with van der Waals surface area (Å²) in [5.41, 5.74) is 0.946. The first-order valence-electron chi connectivity index (χ1n) is 9.42. The largest absolute Gasteiger partial charge is 0.484 e. The number of benzene rings is 2. The van der Waals surface area contributed by atoms with Crippen LogP contribution in [0.2, 0.25) is 5.02 Å². The Morgan fingerprint density at radius 2 is 1.82 bits per heavy atom. The summed E-state index contributed by atoms with van der Waals surface area (Å²) in [6.07, 6.45) is 0.822. The molecule has 0 heterocycles. The molecule has 6 heteroatoms. The number of carbonyl (C=O) groups excluding carboxylic acids is 2. The highest BCUT2D eigenvalue weighted by Crippen LogP contribution is 2.17. The minimum atomic E-state index is -0.621. The van der Waals surface area contributed by atoms with E-state index in [4.69, 9.17) is 16.3 Å². The highest BCUT2D eigenvalue weighted by atomic mass is 35.5. The highest BCUT2D eigenvalue weighted by molar-refractivity contribution is 6.30. The van der Waals surface area contributed by atoms with E-state index in [9.17, 15) is 9.59 Å². The summed E-state index contributed by atoms with van der Waals surface area (Å²) < 4.78 is 5.59. The zero-order chi connectivity index (χ0) is 20.5. The Labute approximate surface area is 171 Å². The van der Waals surface area contributed by atoms with Crippen LogP contribution >= 0.6 is 11.6 Å². The van der Waals surface area contributed by atoms with Gasteiger partial charge in [-0.25, -0.2) is 0 Å². The predicted molar refractivity (Wildman–Crippen MR) is 111 cm³/mol. The molecular weight excluding hydrogens is 376 g/mol. The molecular formula is C22H27ClN2O3. The molecule has 0 saturated carbocycles. The molecule has 0 aliphatic rings. The summed E-state index contributed by atoms with van der Waals surface area (Å²) >= 11 is 5.96. The van der Waals surface area contributed by atoms with Crippen LogP contribution in [0.15, 0.2) is 54.6 Å². The number of nitrogens with one attached hydrogen (secondary N) is 1. The van der Waals surface area contributed by atoms with Crippen molar-refractivity contribution in [1.82, 2.24) is 10.2 Å². The molecule has 0 fully saturated rings. The van der Waals surface area contributed by atoms with Gasteiger partial charge in [0.05, 0.1) is 0 Å². The van der Waals surface area contributed by atoms with E-state index in [0.717, 1.165) is 12.0 Å². The van der Waals surface area contributed by atoms with Gasteiger partial charge in [-0.1, -0.05) is 54.9 Å². The van der Waals surface area contributed by atoms with Gasteiger partial charge >= 0.3 is 0 Å². The molecule has 0 aliphatic carbocycles.